The van der Waals surface area contributed by atoms with Gasteiger partial charge in [0, 0.05) is 37.8 Å². The Labute approximate surface area is 182 Å². The van der Waals surface area contributed by atoms with E-state index in [4.69, 9.17) is 21.7 Å². The number of carbonyl (C=O) groups excluding carboxylic acids is 2. The second-order valence-corrected chi connectivity index (χ2v) is 7.26. The van der Waals surface area contributed by atoms with E-state index in [0.29, 0.717) is 35.1 Å². The highest BCUT2D eigenvalue weighted by Gasteiger charge is 2.14. The van der Waals surface area contributed by atoms with Crippen LogP contribution in [0, 0.1) is 0 Å². The predicted molar refractivity (Wildman–Crippen MR) is 120 cm³/mol. The van der Waals surface area contributed by atoms with E-state index in [1.54, 1.807) is 18.2 Å². The van der Waals surface area contributed by atoms with Gasteiger partial charge in [0.2, 0.25) is 5.91 Å². The molecule has 0 aliphatic carbocycles. The van der Waals surface area contributed by atoms with Crippen molar-refractivity contribution in [3.63, 3.8) is 0 Å². The third-order valence-corrected chi connectivity index (χ3v) is 4.78. The molecule has 2 rings (SSSR count). The maximum absolute atomic E-state index is 12.5. The van der Waals surface area contributed by atoms with Gasteiger partial charge in [-0.15, -0.1) is 0 Å². The molecule has 1 aliphatic rings. The Morgan fingerprint density at radius 2 is 2.00 bits per heavy atom. The monoisotopic (exact) mass is 437 g/mol. The summed E-state index contributed by atoms with van der Waals surface area (Å²) in [6.07, 6.45) is 2.14. The van der Waals surface area contributed by atoms with Crippen LogP contribution in [0.25, 0.3) is 0 Å². The molecule has 2 amide bonds. The molecule has 0 aromatic heterocycles. The maximum Gasteiger partial charge on any atom is 0.273 e. The molecule has 0 bridgehead atoms. The number of ether oxygens (including phenoxy) is 2. The number of anilines is 1. The molecule has 0 atom stereocenters. The fraction of sp³-hybridized carbons (Fsp3) is 0.550. The standard InChI is InChI=1S/C20H31N5O4S/c1-3-5-18(26)22-15-6-7-16(17(14-15)28-2)19(27)23-24-20(30)21-8-4-9-25-10-12-29-13-11-25/h6-7,14H,3-5,8-13H2,1-2H3,(H,22,26)(H,23,27)(H2,21,24,30). The Hall–Kier alpha value is -2.43. The van der Waals surface area contributed by atoms with Crippen LogP contribution in [0.3, 0.4) is 0 Å². The second-order valence-electron chi connectivity index (χ2n) is 6.86. The van der Waals surface area contributed by atoms with Gasteiger partial charge < -0.3 is 20.1 Å². The van der Waals surface area contributed by atoms with Crippen molar-refractivity contribution >= 4 is 34.8 Å². The number of nitrogens with zero attached hydrogens (tertiary/aromatic N) is 1. The zero-order valence-corrected chi connectivity index (χ0v) is 18.4. The van der Waals surface area contributed by atoms with Crippen LogP contribution >= 0.6 is 12.2 Å². The number of rotatable bonds is 9. The van der Waals surface area contributed by atoms with Crippen molar-refractivity contribution in [1.82, 2.24) is 21.1 Å². The van der Waals surface area contributed by atoms with Crippen LogP contribution < -0.4 is 26.2 Å². The number of amides is 2. The molecule has 1 aromatic rings. The average Bonchev–Trinajstić information content (AvgIpc) is 2.75. The van der Waals surface area contributed by atoms with Crippen LogP contribution in [0.5, 0.6) is 5.75 Å². The second kappa shape index (κ2) is 13.0. The van der Waals surface area contributed by atoms with Gasteiger partial charge in [-0.1, -0.05) is 6.92 Å². The van der Waals surface area contributed by atoms with Crippen molar-refractivity contribution in [3.8, 4) is 5.75 Å². The molecule has 166 valence electrons. The number of hydrazine groups is 1. The molecule has 0 unspecified atom stereocenters. The van der Waals surface area contributed by atoms with Crippen molar-refractivity contribution < 1.29 is 19.1 Å². The lowest BCUT2D eigenvalue weighted by molar-refractivity contribution is -0.116. The number of hydrogen-bond donors (Lipinski definition) is 4. The van der Waals surface area contributed by atoms with E-state index >= 15 is 0 Å². The van der Waals surface area contributed by atoms with Gasteiger partial charge in [-0.3, -0.25) is 25.3 Å². The van der Waals surface area contributed by atoms with E-state index in [-0.39, 0.29) is 5.91 Å². The van der Waals surface area contributed by atoms with Gasteiger partial charge in [-0.2, -0.15) is 0 Å². The number of benzene rings is 1. The Bertz CT molecular complexity index is 725. The first-order valence-electron chi connectivity index (χ1n) is 10.2. The minimum absolute atomic E-state index is 0.0801. The highest BCUT2D eigenvalue weighted by Crippen LogP contribution is 2.23. The van der Waals surface area contributed by atoms with Gasteiger partial charge in [0.05, 0.1) is 25.9 Å². The molecule has 1 heterocycles. The van der Waals surface area contributed by atoms with Gasteiger partial charge in [-0.25, -0.2) is 0 Å². The molecule has 1 aromatic carbocycles. The molecule has 0 radical (unpaired) electrons. The van der Waals surface area contributed by atoms with Crippen LogP contribution in [-0.2, 0) is 9.53 Å². The van der Waals surface area contributed by atoms with Crippen molar-refractivity contribution in [2.75, 3.05) is 51.8 Å². The van der Waals surface area contributed by atoms with E-state index in [9.17, 15) is 9.59 Å². The summed E-state index contributed by atoms with van der Waals surface area (Å²) in [4.78, 5) is 26.5. The van der Waals surface area contributed by atoms with Crippen LogP contribution in [-0.4, -0.2) is 68.3 Å². The first-order valence-corrected chi connectivity index (χ1v) is 10.6. The summed E-state index contributed by atoms with van der Waals surface area (Å²) >= 11 is 5.20. The van der Waals surface area contributed by atoms with Gasteiger partial charge in [0.15, 0.2) is 5.11 Å². The van der Waals surface area contributed by atoms with Gasteiger partial charge in [-0.05, 0) is 43.7 Å². The highest BCUT2D eigenvalue weighted by atomic mass is 32.1. The minimum Gasteiger partial charge on any atom is -0.496 e. The average molecular weight is 438 g/mol. The maximum atomic E-state index is 12.5. The normalized spacial score (nSPS) is 13.9. The van der Waals surface area contributed by atoms with Gasteiger partial charge in [0.25, 0.3) is 5.91 Å². The van der Waals surface area contributed by atoms with Gasteiger partial charge in [0.1, 0.15) is 5.75 Å². The summed E-state index contributed by atoms with van der Waals surface area (Å²) in [6.45, 7) is 7.11. The van der Waals surface area contributed by atoms with Crippen LogP contribution in [0.1, 0.15) is 36.5 Å². The first-order chi connectivity index (χ1) is 14.5. The Balaban J connectivity index is 1.74. The SMILES string of the molecule is CCCC(=O)Nc1ccc(C(=O)NNC(=S)NCCCN2CCOCC2)c(OC)c1. The van der Waals surface area contributed by atoms with Crippen LogP contribution in [0.15, 0.2) is 18.2 Å². The lowest BCUT2D eigenvalue weighted by atomic mass is 10.1. The highest BCUT2D eigenvalue weighted by molar-refractivity contribution is 7.80. The van der Waals surface area contributed by atoms with E-state index in [0.717, 1.165) is 45.7 Å². The largest absolute Gasteiger partial charge is 0.496 e. The van der Waals surface area contributed by atoms with Crippen LogP contribution in [0.4, 0.5) is 5.69 Å². The number of hydrogen-bond acceptors (Lipinski definition) is 6. The summed E-state index contributed by atoms with van der Waals surface area (Å²) in [5.41, 5.74) is 6.16. The molecule has 9 nitrogen and oxygen atoms in total. The summed E-state index contributed by atoms with van der Waals surface area (Å²) in [5, 5.41) is 6.19. The number of methoxy groups -OCH3 is 1. The van der Waals surface area contributed by atoms with Crippen molar-refractivity contribution in [2.45, 2.75) is 26.2 Å². The lowest BCUT2D eigenvalue weighted by Gasteiger charge is -2.26. The van der Waals surface area contributed by atoms with E-state index in [1.807, 2.05) is 6.92 Å². The fourth-order valence-electron chi connectivity index (χ4n) is 2.96. The van der Waals surface area contributed by atoms with E-state index in [1.165, 1.54) is 7.11 Å². The Morgan fingerprint density at radius 1 is 1.23 bits per heavy atom. The van der Waals surface area contributed by atoms with Crippen LogP contribution in [0.2, 0.25) is 0 Å². The first kappa shape index (κ1) is 23.8. The molecule has 1 fully saturated rings. The molecular weight excluding hydrogens is 406 g/mol. The molecule has 1 aliphatic heterocycles. The Morgan fingerprint density at radius 3 is 2.70 bits per heavy atom. The third-order valence-electron chi connectivity index (χ3n) is 4.54. The molecule has 4 N–H and O–H groups in total. The summed E-state index contributed by atoms with van der Waals surface area (Å²) in [7, 11) is 1.47. The fourth-order valence-corrected chi connectivity index (χ4v) is 3.11. The number of morpholine rings is 1. The molecule has 0 spiro atoms. The minimum atomic E-state index is -0.393. The number of thiocarbonyl (C=S) groups is 1. The van der Waals surface area contributed by atoms with E-state index < -0.39 is 5.91 Å². The zero-order valence-electron chi connectivity index (χ0n) is 17.6. The molecule has 0 saturated carbocycles. The van der Waals surface area contributed by atoms with Crippen molar-refractivity contribution in [3.05, 3.63) is 23.8 Å². The zero-order chi connectivity index (χ0) is 21.8. The molecule has 10 heteroatoms. The quantitative estimate of drug-likeness (QED) is 0.260. The predicted octanol–water partition coefficient (Wildman–Crippen LogP) is 1.27. The summed E-state index contributed by atoms with van der Waals surface area (Å²) in [6, 6.07) is 4.87. The van der Waals surface area contributed by atoms with E-state index in [2.05, 4.69) is 26.4 Å². The molecule has 30 heavy (non-hydrogen) atoms. The summed E-state index contributed by atoms with van der Waals surface area (Å²) in [5.74, 6) is -0.118. The topological polar surface area (TPSA) is 104 Å². The molecule has 1 saturated heterocycles. The third kappa shape index (κ3) is 8.13. The summed E-state index contributed by atoms with van der Waals surface area (Å²) < 4.78 is 10.6. The number of carbonyl (C=O) groups is 2. The number of nitrogens with one attached hydrogen (secondary N) is 4. The van der Waals surface area contributed by atoms with Crippen molar-refractivity contribution in [1.29, 1.82) is 0 Å². The molecular formula is C20H31N5O4S. The lowest BCUT2D eigenvalue weighted by Crippen LogP contribution is -2.47. The van der Waals surface area contributed by atoms with Crippen molar-refractivity contribution in [2.24, 2.45) is 0 Å². The van der Waals surface area contributed by atoms with Gasteiger partial charge >= 0.3 is 0 Å². The smallest absolute Gasteiger partial charge is 0.273 e. The Kier molecular flexibility index (Phi) is 10.3.